The summed E-state index contributed by atoms with van der Waals surface area (Å²) in [5.41, 5.74) is 4.18. The molecule has 0 spiro atoms. The molecule has 0 bridgehead atoms. The summed E-state index contributed by atoms with van der Waals surface area (Å²) in [5, 5.41) is 7.16. The van der Waals surface area contributed by atoms with Crippen LogP contribution in [0.5, 0.6) is 0 Å². The minimum atomic E-state index is -4.51. The quantitative estimate of drug-likeness (QED) is 0.689. The highest BCUT2D eigenvalue weighted by Gasteiger charge is 2.33. The number of hydrogen-bond donors (Lipinski definition) is 3. The number of nitrogens with zero attached hydrogens (tertiary/aromatic N) is 1. The molecule has 0 aliphatic carbocycles. The van der Waals surface area contributed by atoms with Gasteiger partial charge in [0.2, 0.25) is 5.91 Å². The van der Waals surface area contributed by atoms with Crippen molar-refractivity contribution in [3.63, 3.8) is 0 Å². The van der Waals surface area contributed by atoms with Gasteiger partial charge in [-0.1, -0.05) is 0 Å². The Morgan fingerprint density at radius 2 is 2.27 bits per heavy atom. The van der Waals surface area contributed by atoms with Gasteiger partial charge in [-0.2, -0.15) is 18.3 Å². The fourth-order valence-corrected chi connectivity index (χ4v) is 0.771. The Labute approximate surface area is 82.8 Å². The molecule has 0 saturated heterocycles. The second-order valence-corrected chi connectivity index (χ2v) is 2.94. The summed E-state index contributed by atoms with van der Waals surface area (Å²) in [6.45, 7) is 1.41. The van der Waals surface area contributed by atoms with Crippen LogP contribution in [-0.2, 0) is 11.0 Å². The number of aromatic amines is 1. The van der Waals surface area contributed by atoms with Gasteiger partial charge in [0.15, 0.2) is 5.82 Å². The van der Waals surface area contributed by atoms with Crippen LogP contribution < -0.4 is 11.1 Å². The van der Waals surface area contributed by atoms with Crippen LogP contribution >= 0.6 is 0 Å². The van der Waals surface area contributed by atoms with Gasteiger partial charge in [-0.25, -0.2) is 0 Å². The second-order valence-electron chi connectivity index (χ2n) is 2.94. The summed E-state index contributed by atoms with van der Waals surface area (Å²) in [6.07, 6.45) is -4.51. The van der Waals surface area contributed by atoms with E-state index in [1.807, 2.05) is 0 Å². The van der Waals surface area contributed by atoms with E-state index in [2.05, 4.69) is 10.4 Å². The molecule has 15 heavy (non-hydrogen) atoms. The van der Waals surface area contributed by atoms with Crippen LogP contribution in [0.2, 0.25) is 0 Å². The number of halogens is 3. The van der Waals surface area contributed by atoms with Crippen molar-refractivity contribution in [2.75, 3.05) is 5.32 Å². The van der Waals surface area contributed by atoms with Gasteiger partial charge in [0.1, 0.15) is 5.69 Å². The summed E-state index contributed by atoms with van der Waals surface area (Å²) in [6, 6.07) is -0.115. The molecule has 0 fully saturated rings. The number of rotatable bonds is 2. The molecule has 0 unspecified atom stereocenters. The molecule has 1 atom stereocenters. The smallest absolute Gasteiger partial charge is 0.320 e. The molecule has 1 amide bonds. The number of amides is 1. The molecule has 1 rings (SSSR count). The van der Waals surface area contributed by atoms with Crippen LogP contribution in [0.4, 0.5) is 19.0 Å². The minimum absolute atomic E-state index is 0.204. The highest BCUT2D eigenvalue weighted by molar-refractivity contribution is 5.93. The number of alkyl halides is 3. The predicted molar refractivity (Wildman–Crippen MR) is 45.9 cm³/mol. The lowest BCUT2D eigenvalue weighted by atomic mass is 10.3. The fourth-order valence-electron chi connectivity index (χ4n) is 0.771. The molecule has 4 N–H and O–H groups in total. The summed E-state index contributed by atoms with van der Waals surface area (Å²) in [7, 11) is 0. The predicted octanol–water partition coefficient (Wildman–Crippen LogP) is 0.714. The number of H-pyrrole nitrogens is 1. The van der Waals surface area contributed by atoms with Gasteiger partial charge in [-0.05, 0) is 6.92 Å². The number of carbonyl (C=O) groups excluding carboxylic acids is 1. The number of nitrogens with one attached hydrogen (secondary N) is 2. The second kappa shape index (κ2) is 3.89. The van der Waals surface area contributed by atoms with Crippen molar-refractivity contribution < 1.29 is 18.0 Å². The Kier molecular flexibility index (Phi) is 2.98. The highest BCUT2D eigenvalue weighted by atomic mass is 19.4. The van der Waals surface area contributed by atoms with Crippen molar-refractivity contribution >= 4 is 11.7 Å². The van der Waals surface area contributed by atoms with Gasteiger partial charge >= 0.3 is 6.18 Å². The number of hydrogen-bond acceptors (Lipinski definition) is 3. The molecule has 0 radical (unpaired) electrons. The first-order chi connectivity index (χ1) is 6.80. The van der Waals surface area contributed by atoms with Crippen molar-refractivity contribution in [1.82, 2.24) is 10.2 Å². The summed E-state index contributed by atoms with van der Waals surface area (Å²) in [5.74, 6) is -0.806. The Morgan fingerprint density at radius 1 is 1.67 bits per heavy atom. The average Bonchev–Trinajstić information content (AvgIpc) is 2.51. The first kappa shape index (κ1) is 11.5. The van der Waals surface area contributed by atoms with Crippen molar-refractivity contribution in [3.05, 3.63) is 11.8 Å². The Balaban J connectivity index is 2.73. The molecule has 84 valence electrons. The Morgan fingerprint density at radius 3 is 2.67 bits per heavy atom. The molecule has 8 heteroatoms. The topological polar surface area (TPSA) is 83.8 Å². The van der Waals surface area contributed by atoms with Gasteiger partial charge in [0, 0.05) is 6.07 Å². The molecule has 1 heterocycles. The largest absolute Gasteiger partial charge is 0.432 e. The summed E-state index contributed by atoms with van der Waals surface area (Å²) in [4.78, 5) is 11.0. The maximum atomic E-state index is 12.1. The van der Waals surface area contributed by atoms with E-state index < -0.39 is 23.8 Å². The zero-order valence-corrected chi connectivity index (χ0v) is 7.72. The zero-order chi connectivity index (χ0) is 11.6. The lowest BCUT2D eigenvalue weighted by molar-refractivity contribution is -0.141. The molecular weight excluding hydrogens is 213 g/mol. The molecule has 1 aromatic rings. The monoisotopic (exact) mass is 222 g/mol. The van der Waals surface area contributed by atoms with Crippen molar-refractivity contribution in [2.45, 2.75) is 19.1 Å². The van der Waals surface area contributed by atoms with Crippen LogP contribution in [0.25, 0.3) is 0 Å². The van der Waals surface area contributed by atoms with E-state index in [0.717, 1.165) is 0 Å². The fraction of sp³-hybridized carbons (Fsp3) is 0.429. The van der Waals surface area contributed by atoms with Crippen molar-refractivity contribution in [2.24, 2.45) is 5.73 Å². The van der Waals surface area contributed by atoms with E-state index in [-0.39, 0.29) is 5.82 Å². The van der Waals surface area contributed by atoms with Gasteiger partial charge in [-0.3, -0.25) is 9.89 Å². The van der Waals surface area contributed by atoms with Gasteiger partial charge < -0.3 is 11.1 Å². The van der Waals surface area contributed by atoms with Crippen LogP contribution in [0.15, 0.2) is 6.07 Å². The minimum Gasteiger partial charge on any atom is -0.320 e. The van der Waals surface area contributed by atoms with E-state index in [4.69, 9.17) is 5.73 Å². The maximum absolute atomic E-state index is 12.1. The maximum Gasteiger partial charge on any atom is 0.432 e. The first-order valence-electron chi connectivity index (χ1n) is 3.99. The molecule has 0 aliphatic rings. The number of aromatic nitrogens is 2. The molecule has 5 nitrogen and oxygen atoms in total. The van der Waals surface area contributed by atoms with Gasteiger partial charge in [-0.15, -0.1) is 0 Å². The van der Waals surface area contributed by atoms with E-state index in [1.54, 1.807) is 5.10 Å². The SMILES string of the molecule is C[C@H](N)C(=O)Nc1cc(C(F)(F)F)[nH]n1. The number of carbonyl (C=O) groups is 1. The normalized spacial score (nSPS) is 13.7. The van der Waals surface area contributed by atoms with E-state index in [9.17, 15) is 18.0 Å². The molecule has 0 saturated carbocycles. The third-order valence-electron chi connectivity index (χ3n) is 1.55. The Bertz CT molecular complexity index is 357. The first-order valence-corrected chi connectivity index (χ1v) is 3.99. The molecule has 0 aromatic carbocycles. The third-order valence-corrected chi connectivity index (χ3v) is 1.55. The third kappa shape index (κ3) is 2.94. The van der Waals surface area contributed by atoms with Crippen LogP contribution in [0.3, 0.4) is 0 Å². The van der Waals surface area contributed by atoms with Gasteiger partial charge in [0.05, 0.1) is 6.04 Å². The van der Waals surface area contributed by atoms with Gasteiger partial charge in [0.25, 0.3) is 0 Å². The summed E-state index contributed by atoms with van der Waals surface area (Å²) < 4.78 is 36.3. The summed E-state index contributed by atoms with van der Waals surface area (Å²) >= 11 is 0. The van der Waals surface area contributed by atoms with Crippen LogP contribution in [-0.4, -0.2) is 22.1 Å². The molecule has 0 aliphatic heterocycles. The van der Waals surface area contributed by atoms with Crippen molar-refractivity contribution in [3.8, 4) is 0 Å². The zero-order valence-electron chi connectivity index (χ0n) is 7.72. The standard InChI is InChI=1S/C7H9F3N4O/c1-3(11)6(15)12-5-2-4(13-14-5)7(8,9)10/h2-3H,11H2,1H3,(H2,12,13,14,15)/t3-/m0/s1. The lowest BCUT2D eigenvalue weighted by Crippen LogP contribution is -2.32. The van der Waals surface area contributed by atoms with E-state index in [0.29, 0.717) is 6.07 Å². The average molecular weight is 222 g/mol. The van der Waals surface area contributed by atoms with Crippen LogP contribution in [0.1, 0.15) is 12.6 Å². The number of nitrogens with two attached hydrogens (primary N) is 1. The molecule has 1 aromatic heterocycles. The van der Waals surface area contributed by atoms with E-state index >= 15 is 0 Å². The highest BCUT2D eigenvalue weighted by Crippen LogP contribution is 2.28. The van der Waals surface area contributed by atoms with Crippen LogP contribution in [0, 0.1) is 0 Å². The van der Waals surface area contributed by atoms with E-state index in [1.165, 1.54) is 6.92 Å². The van der Waals surface area contributed by atoms with Crippen molar-refractivity contribution in [1.29, 1.82) is 0 Å². The lowest BCUT2D eigenvalue weighted by Gasteiger charge is -2.03. The molecular formula is C7H9F3N4O. The Hall–Kier alpha value is -1.57. The number of anilines is 1.